The number of rotatable bonds is 1. The van der Waals surface area contributed by atoms with Crippen LogP contribution in [-0.4, -0.2) is 10.8 Å². The first-order valence-corrected chi connectivity index (χ1v) is 3.66. The van der Waals surface area contributed by atoms with E-state index in [4.69, 9.17) is 11.1 Å². The van der Waals surface area contributed by atoms with Gasteiger partial charge in [0.2, 0.25) is 0 Å². The summed E-state index contributed by atoms with van der Waals surface area (Å²) in [6.45, 7) is 0. The molecule has 0 spiro atoms. The first kappa shape index (κ1) is 8.98. The monoisotopic (exact) mass is 195 g/mol. The van der Waals surface area contributed by atoms with Gasteiger partial charge in [-0.1, -0.05) is 0 Å². The lowest BCUT2D eigenvalue weighted by atomic mass is 10.5. The molecule has 0 bridgehead atoms. The molecule has 0 aliphatic heterocycles. The lowest BCUT2D eigenvalue weighted by molar-refractivity contribution is -0.137. The smallest absolute Gasteiger partial charge is 0.382 e. The number of aromatic nitrogens is 1. The van der Waals surface area contributed by atoms with Gasteiger partial charge in [-0.15, -0.1) is 11.3 Å². The molecule has 0 aromatic carbocycles. The molecule has 0 fully saturated rings. The fraction of sp³-hybridized carbons (Fsp3) is 0.200. The Balaban J connectivity index is 3.00. The second-order valence-electron chi connectivity index (χ2n) is 1.95. The van der Waals surface area contributed by atoms with Crippen molar-refractivity contribution in [3.8, 4) is 0 Å². The number of halogens is 3. The maximum absolute atomic E-state index is 11.9. The van der Waals surface area contributed by atoms with Crippen molar-refractivity contribution in [1.82, 2.24) is 4.98 Å². The highest BCUT2D eigenvalue weighted by atomic mass is 32.1. The molecule has 12 heavy (non-hydrogen) atoms. The van der Waals surface area contributed by atoms with Crippen molar-refractivity contribution >= 4 is 17.2 Å². The Morgan fingerprint density at radius 1 is 1.58 bits per heavy atom. The van der Waals surface area contributed by atoms with E-state index in [2.05, 4.69) is 4.98 Å². The van der Waals surface area contributed by atoms with E-state index in [1.807, 2.05) is 0 Å². The van der Waals surface area contributed by atoms with Gasteiger partial charge in [0.25, 0.3) is 0 Å². The van der Waals surface area contributed by atoms with Gasteiger partial charge in [-0.3, -0.25) is 5.41 Å². The molecule has 0 saturated carbocycles. The van der Waals surface area contributed by atoms with Gasteiger partial charge in [0.1, 0.15) is 11.5 Å². The van der Waals surface area contributed by atoms with Gasteiger partial charge < -0.3 is 5.73 Å². The van der Waals surface area contributed by atoms with Crippen LogP contribution >= 0.6 is 11.3 Å². The summed E-state index contributed by atoms with van der Waals surface area (Å²) < 4.78 is 35.7. The van der Waals surface area contributed by atoms with Crippen molar-refractivity contribution in [1.29, 1.82) is 5.41 Å². The van der Waals surface area contributed by atoms with Crippen LogP contribution in [0.25, 0.3) is 0 Å². The standard InChI is InChI=1S/C5H4F3N3S/c6-5(7,8)4-11-2(1-12-4)3(9)10/h1H,(H3,9,10). The second kappa shape index (κ2) is 2.74. The van der Waals surface area contributed by atoms with Crippen LogP contribution in [0.2, 0.25) is 0 Å². The van der Waals surface area contributed by atoms with Crippen molar-refractivity contribution in [2.24, 2.45) is 5.73 Å². The summed E-state index contributed by atoms with van der Waals surface area (Å²) in [5.74, 6) is -0.457. The van der Waals surface area contributed by atoms with Gasteiger partial charge in [0, 0.05) is 5.38 Å². The molecule has 0 radical (unpaired) electrons. The quantitative estimate of drug-likeness (QED) is 0.526. The summed E-state index contributed by atoms with van der Waals surface area (Å²) in [6.07, 6.45) is -4.45. The number of nitrogen functional groups attached to an aromatic ring is 1. The predicted molar refractivity (Wildman–Crippen MR) is 38.1 cm³/mol. The highest BCUT2D eigenvalue weighted by Gasteiger charge is 2.34. The van der Waals surface area contributed by atoms with E-state index in [0.717, 1.165) is 5.38 Å². The van der Waals surface area contributed by atoms with Crippen molar-refractivity contribution in [2.45, 2.75) is 6.18 Å². The molecule has 1 rings (SSSR count). The zero-order valence-electron chi connectivity index (χ0n) is 5.64. The van der Waals surface area contributed by atoms with Crippen LogP contribution in [0.4, 0.5) is 13.2 Å². The summed E-state index contributed by atoms with van der Waals surface area (Å²) in [5.41, 5.74) is 4.80. The summed E-state index contributed by atoms with van der Waals surface area (Å²) in [6, 6.07) is 0. The van der Waals surface area contributed by atoms with Crippen LogP contribution in [0.5, 0.6) is 0 Å². The van der Waals surface area contributed by atoms with Gasteiger partial charge in [-0.05, 0) is 0 Å². The molecule has 1 aromatic rings. The zero-order chi connectivity index (χ0) is 9.35. The molecule has 0 amide bonds. The van der Waals surface area contributed by atoms with Gasteiger partial charge >= 0.3 is 6.18 Å². The van der Waals surface area contributed by atoms with Crippen molar-refractivity contribution < 1.29 is 13.2 Å². The Hall–Kier alpha value is -1.11. The van der Waals surface area contributed by atoms with Gasteiger partial charge in [-0.2, -0.15) is 13.2 Å². The van der Waals surface area contributed by atoms with Gasteiger partial charge in [0.05, 0.1) is 0 Å². The van der Waals surface area contributed by atoms with Crippen LogP contribution in [0.1, 0.15) is 10.7 Å². The van der Waals surface area contributed by atoms with E-state index in [9.17, 15) is 13.2 Å². The summed E-state index contributed by atoms with van der Waals surface area (Å²) >= 11 is 0.428. The van der Waals surface area contributed by atoms with E-state index in [1.165, 1.54) is 0 Å². The average molecular weight is 195 g/mol. The van der Waals surface area contributed by atoms with Crippen LogP contribution < -0.4 is 5.73 Å². The Morgan fingerprint density at radius 3 is 2.42 bits per heavy atom. The third-order valence-corrected chi connectivity index (χ3v) is 1.91. The average Bonchev–Trinajstić information content (AvgIpc) is 2.30. The minimum absolute atomic E-state index is 0.132. The van der Waals surface area contributed by atoms with E-state index in [1.54, 1.807) is 0 Å². The van der Waals surface area contributed by atoms with E-state index >= 15 is 0 Å². The maximum Gasteiger partial charge on any atom is 0.443 e. The molecule has 0 aliphatic rings. The molecule has 0 unspecified atom stereocenters. The molecule has 0 atom stereocenters. The molecular weight excluding hydrogens is 191 g/mol. The summed E-state index contributed by atoms with van der Waals surface area (Å²) in [4.78, 5) is 3.12. The fourth-order valence-electron chi connectivity index (χ4n) is 0.528. The Kier molecular flexibility index (Phi) is 2.05. The largest absolute Gasteiger partial charge is 0.443 e. The van der Waals surface area contributed by atoms with E-state index < -0.39 is 17.0 Å². The van der Waals surface area contributed by atoms with Crippen LogP contribution in [-0.2, 0) is 6.18 Å². The normalized spacial score (nSPS) is 11.6. The highest BCUT2D eigenvalue weighted by molar-refractivity contribution is 7.09. The Labute approximate surface area is 69.5 Å². The number of thiazole rings is 1. The maximum atomic E-state index is 11.9. The molecule has 1 heterocycles. The zero-order valence-corrected chi connectivity index (χ0v) is 6.46. The highest BCUT2D eigenvalue weighted by Crippen LogP contribution is 2.31. The van der Waals surface area contributed by atoms with Gasteiger partial charge in [0.15, 0.2) is 5.01 Å². The first-order valence-electron chi connectivity index (χ1n) is 2.78. The number of hydrogen-bond acceptors (Lipinski definition) is 3. The SMILES string of the molecule is N=C(N)c1csc(C(F)(F)F)n1. The van der Waals surface area contributed by atoms with Crippen LogP contribution in [0.15, 0.2) is 5.38 Å². The third kappa shape index (κ3) is 1.73. The van der Waals surface area contributed by atoms with Crippen LogP contribution in [0, 0.1) is 5.41 Å². The Bertz CT molecular complexity index is 303. The number of hydrogen-bond donors (Lipinski definition) is 2. The third-order valence-electron chi connectivity index (χ3n) is 1.02. The molecule has 1 aromatic heterocycles. The van der Waals surface area contributed by atoms with Crippen LogP contribution in [0.3, 0.4) is 0 Å². The summed E-state index contributed by atoms with van der Waals surface area (Å²) in [5, 5.41) is 6.93. The molecule has 3 N–H and O–H groups in total. The number of amidine groups is 1. The number of alkyl halides is 3. The molecule has 66 valence electrons. The van der Waals surface area contributed by atoms with Crippen molar-refractivity contribution in [3.05, 3.63) is 16.1 Å². The number of nitrogens with two attached hydrogens (primary N) is 1. The first-order chi connectivity index (χ1) is 5.41. The molecule has 3 nitrogen and oxygen atoms in total. The number of nitrogens with zero attached hydrogens (tertiary/aromatic N) is 1. The number of nitrogens with one attached hydrogen (secondary N) is 1. The van der Waals surface area contributed by atoms with Gasteiger partial charge in [-0.25, -0.2) is 4.98 Å². The molecule has 0 aliphatic carbocycles. The lowest BCUT2D eigenvalue weighted by Crippen LogP contribution is -2.12. The fourth-order valence-corrected chi connectivity index (χ4v) is 1.22. The topological polar surface area (TPSA) is 62.8 Å². The minimum Gasteiger partial charge on any atom is -0.382 e. The van der Waals surface area contributed by atoms with E-state index in [-0.39, 0.29) is 5.69 Å². The second-order valence-corrected chi connectivity index (χ2v) is 2.81. The van der Waals surface area contributed by atoms with Crippen molar-refractivity contribution in [2.75, 3.05) is 0 Å². The van der Waals surface area contributed by atoms with Crippen molar-refractivity contribution in [3.63, 3.8) is 0 Å². The molecule has 7 heteroatoms. The minimum atomic E-state index is -4.45. The molecule has 0 saturated heterocycles. The van der Waals surface area contributed by atoms with E-state index in [0.29, 0.717) is 11.3 Å². The Morgan fingerprint density at radius 2 is 2.17 bits per heavy atom. The predicted octanol–water partition coefficient (Wildman–Crippen LogP) is 1.45. The molecular formula is C5H4F3N3S. The lowest BCUT2D eigenvalue weighted by Gasteiger charge is -1.98. The summed E-state index contributed by atoms with van der Waals surface area (Å²) in [7, 11) is 0.